The first-order valence-corrected chi connectivity index (χ1v) is 13.5. The molecule has 4 fully saturated rings. The van der Waals surface area contributed by atoms with E-state index in [1.807, 2.05) is 17.7 Å². The fourth-order valence-corrected chi connectivity index (χ4v) is 6.44. The monoisotopic (exact) mass is 503 g/mol. The third-order valence-electron chi connectivity index (χ3n) is 6.72. The predicted octanol–water partition coefficient (Wildman–Crippen LogP) is 6.12. The molecule has 1 saturated carbocycles. The molecule has 34 heavy (non-hydrogen) atoms. The van der Waals surface area contributed by atoms with Crippen molar-refractivity contribution < 1.29 is 13.2 Å². The fraction of sp³-hybridized carbons (Fsp3) is 0.417. The van der Waals surface area contributed by atoms with Crippen molar-refractivity contribution in [1.82, 2.24) is 15.3 Å². The molecule has 0 spiro atoms. The zero-order valence-electron chi connectivity index (χ0n) is 18.5. The second kappa shape index (κ2) is 8.42. The summed E-state index contributed by atoms with van der Waals surface area (Å²) in [7, 11) is 0. The van der Waals surface area contributed by atoms with Crippen LogP contribution >= 0.6 is 23.1 Å². The first-order valence-electron chi connectivity index (χ1n) is 11.4. The lowest BCUT2D eigenvalue weighted by Gasteiger charge is -2.49. The smallest absolute Gasteiger partial charge is 0.368 e. The molecule has 2 aromatic heterocycles. The molecule has 7 rings (SSSR count). The molecule has 2 N–H and O–H groups in total. The van der Waals surface area contributed by atoms with Crippen LogP contribution in [0.15, 0.2) is 40.7 Å². The van der Waals surface area contributed by atoms with Gasteiger partial charge in [-0.1, -0.05) is 0 Å². The van der Waals surface area contributed by atoms with Crippen LogP contribution in [0.3, 0.4) is 0 Å². The predicted molar refractivity (Wildman–Crippen MR) is 131 cm³/mol. The summed E-state index contributed by atoms with van der Waals surface area (Å²) in [6.07, 6.45) is 1.76. The molecule has 3 aromatic rings. The van der Waals surface area contributed by atoms with E-state index in [-0.39, 0.29) is 11.6 Å². The minimum atomic E-state index is -4.53. The molecular weight excluding hydrogens is 479 g/mol. The number of hydrogen-bond donors (Lipinski definition) is 2. The molecule has 1 aliphatic carbocycles. The van der Waals surface area contributed by atoms with E-state index >= 15 is 0 Å². The second-order valence-corrected chi connectivity index (χ2v) is 11.0. The number of piperazine rings is 1. The topological polar surface area (TPSA) is 53.1 Å². The SMILES string of the molecule is CSc1csc(-c2nc(Nc3ccc(N4CC5CC(C4)N5)cc3C3CC3)ncc2C(F)(F)F)c1. The number of thiophene rings is 1. The lowest BCUT2D eigenvalue weighted by molar-refractivity contribution is -0.137. The zero-order valence-corrected chi connectivity index (χ0v) is 20.2. The van der Waals surface area contributed by atoms with Crippen LogP contribution in [0.5, 0.6) is 0 Å². The van der Waals surface area contributed by atoms with Gasteiger partial charge in [0.15, 0.2) is 0 Å². The van der Waals surface area contributed by atoms with Crippen molar-refractivity contribution in [1.29, 1.82) is 0 Å². The van der Waals surface area contributed by atoms with Gasteiger partial charge in [0.1, 0.15) is 5.56 Å². The Kier molecular flexibility index (Phi) is 5.50. The van der Waals surface area contributed by atoms with Crippen molar-refractivity contribution in [2.24, 2.45) is 0 Å². The van der Waals surface area contributed by atoms with Crippen LogP contribution < -0.4 is 15.5 Å². The number of hydrogen-bond acceptors (Lipinski definition) is 7. The van der Waals surface area contributed by atoms with Gasteiger partial charge >= 0.3 is 6.18 Å². The van der Waals surface area contributed by atoms with E-state index in [4.69, 9.17) is 0 Å². The summed E-state index contributed by atoms with van der Waals surface area (Å²) >= 11 is 2.76. The van der Waals surface area contributed by atoms with Crippen molar-refractivity contribution >= 4 is 40.4 Å². The van der Waals surface area contributed by atoms with E-state index in [1.165, 1.54) is 40.8 Å². The summed E-state index contributed by atoms with van der Waals surface area (Å²) in [5.74, 6) is 0.649. The highest BCUT2D eigenvalue weighted by molar-refractivity contribution is 7.98. The molecule has 2 unspecified atom stereocenters. The lowest BCUT2D eigenvalue weighted by atomic mass is 9.90. The first-order chi connectivity index (χ1) is 16.4. The molecule has 3 saturated heterocycles. The van der Waals surface area contributed by atoms with Crippen molar-refractivity contribution in [2.45, 2.75) is 48.3 Å². The first kappa shape index (κ1) is 22.2. The van der Waals surface area contributed by atoms with Gasteiger partial charge in [0, 0.05) is 53.0 Å². The Morgan fingerprint density at radius 3 is 2.59 bits per heavy atom. The Balaban J connectivity index is 1.32. The molecule has 0 radical (unpaired) electrons. The number of thioether (sulfide) groups is 1. The molecule has 10 heteroatoms. The quantitative estimate of drug-likeness (QED) is 0.396. The highest BCUT2D eigenvalue weighted by Crippen LogP contribution is 2.46. The highest BCUT2D eigenvalue weighted by Gasteiger charge is 2.38. The van der Waals surface area contributed by atoms with Gasteiger partial charge in [0.05, 0.1) is 10.6 Å². The molecule has 0 amide bonds. The van der Waals surface area contributed by atoms with Crippen molar-refractivity contribution in [3.63, 3.8) is 0 Å². The molecular formula is C24H24F3N5S2. The van der Waals surface area contributed by atoms with Crippen molar-refractivity contribution in [3.8, 4) is 10.6 Å². The minimum absolute atomic E-state index is 0.0834. The molecule has 1 aromatic carbocycles. The molecule has 4 aliphatic rings. The normalized spacial score (nSPS) is 21.9. The van der Waals surface area contributed by atoms with E-state index < -0.39 is 11.7 Å². The van der Waals surface area contributed by atoms with E-state index in [0.29, 0.717) is 22.9 Å². The standard InChI is InChI=1S/C24H24F3N5S2/c1-33-17-8-21(34-12-17)22-19(24(25,26)27)9-28-23(31-22)30-20-5-4-16(7-18(20)13-2-3-13)32-10-14-6-15(11-32)29-14/h4-5,7-9,12-15,29H,2-3,6,10-11H2,1H3,(H,28,30,31). The fourth-order valence-electron chi connectivity index (χ4n) is 4.82. The van der Waals surface area contributed by atoms with Crippen LogP contribution in [0.1, 0.15) is 36.3 Å². The summed E-state index contributed by atoms with van der Waals surface area (Å²) in [6.45, 7) is 2.02. The molecule has 5 heterocycles. The number of rotatable bonds is 6. The van der Waals surface area contributed by atoms with Crippen molar-refractivity contribution in [3.05, 3.63) is 47.0 Å². The molecule has 2 bridgehead atoms. The van der Waals surface area contributed by atoms with Crippen LogP contribution in [-0.4, -0.2) is 41.4 Å². The zero-order chi connectivity index (χ0) is 23.4. The van der Waals surface area contributed by atoms with E-state index in [1.54, 1.807) is 6.07 Å². The highest BCUT2D eigenvalue weighted by atomic mass is 32.2. The van der Waals surface area contributed by atoms with Gasteiger partial charge in [0.2, 0.25) is 5.95 Å². The number of aromatic nitrogens is 2. The third-order valence-corrected chi connectivity index (χ3v) is 8.52. The number of nitrogens with one attached hydrogen (secondary N) is 2. The lowest BCUT2D eigenvalue weighted by Crippen LogP contribution is -2.67. The summed E-state index contributed by atoms with van der Waals surface area (Å²) < 4.78 is 41.1. The van der Waals surface area contributed by atoms with Crippen LogP contribution in [0, 0.1) is 0 Å². The van der Waals surface area contributed by atoms with Gasteiger partial charge in [-0.15, -0.1) is 23.1 Å². The van der Waals surface area contributed by atoms with E-state index in [9.17, 15) is 13.2 Å². The average molecular weight is 504 g/mol. The number of nitrogens with zero attached hydrogens (tertiary/aromatic N) is 3. The summed E-state index contributed by atoms with van der Waals surface area (Å²) in [5, 5.41) is 8.64. The maximum atomic E-state index is 13.7. The van der Waals surface area contributed by atoms with Crippen LogP contribution in [-0.2, 0) is 6.18 Å². The van der Waals surface area contributed by atoms with Crippen LogP contribution in [0.25, 0.3) is 10.6 Å². The summed E-state index contributed by atoms with van der Waals surface area (Å²) in [4.78, 5) is 12.2. The van der Waals surface area contributed by atoms with Crippen LogP contribution in [0.4, 0.5) is 30.5 Å². The number of benzene rings is 1. The van der Waals surface area contributed by atoms with Gasteiger partial charge in [-0.05, 0) is 61.3 Å². The molecule has 2 atom stereocenters. The Labute approximate surface area is 204 Å². The van der Waals surface area contributed by atoms with Crippen molar-refractivity contribution in [2.75, 3.05) is 29.6 Å². The number of fused-ring (bicyclic) bond motifs is 2. The van der Waals surface area contributed by atoms with E-state index in [0.717, 1.165) is 42.7 Å². The Morgan fingerprint density at radius 2 is 1.94 bits per heavy atom. The Morgan fingerprint density at radius 1 is 1.18 bits per heavy atom. The maximum absolute atomic E-state index is 13.7. The number of anilines is 3. The number of halogens is 3. The van der Waals surface area contributed by atoms with Crippen LogP contribution in [0.2, 0.25) is 0 Å². The molecule has 5 nitrogen and oxygen atoms in total. The van der Waals surface area contributed by atoms with Gasteiger partial charge < -0.3 is 15.5 Å². The number of alkyl halides is 3. The molecule has 178 valence electrons. The number of piperidine rings is 1. The van der Waals surface area contributed by atoms with Gasteiger partial charge in [0.25, 0.3) is 0 Å². The van der Waals surface area contributed by atoms with Gasteiger partial charge in [-0.25, -0.2) is 9.97 Å². The average Bonchev–Trinajstić information content (AvgIpc) is 3.54. The third kappa shape index (κ3) is 4.27. The summed E-state index contributed by atoms with van der Waals surface area (Å²) in [5.41, 5.74) is 2.37. The molecule has 3 aliphatic heterocycles. The van der Waals surface area contributed by atoms with Gasteiger partial charge in [-0.3, -0.25) is 0 Å². The largest absolute Gasteiger partial charge is 0.420 e. The summed E-state index contributed by atoms with van der Waals surface area (Å²) in [6, 6.07) is 9.24. The van der Waals surface area contributed by atoms with E-state index in [2.05, 4.69) is 37.6 Å². The minimum Gasteiger partial charge on any atom is -0.368 e. The van der Waals surface area contributed by atoms with Gasteiger partial charge in [-0.2, -0.15) is 13.2 Å². The Bertz CT molecular complexity index is 1210. The Hall–Kier alpha value is -2.30. The maximum Gasteiger partial charge on any atom is 0.420 e. The second-order valence-electron chi connectivity index (χ2n) is 9.18.